The Labute approximate surface area is 164 Å². The molecule has 0 atom stereocenters. The molecule has 2 heterocycles. The molecule has 0 saturated heterocycles. The highest BCUT2D eigenvalue weighted by molar-refractivity contribution is 7.89. The van der Waals surface area contributed by atoms with Gasteiger partial charge in [0.25, 0.3) is 0 Å². The van der Waals surface area contributed by atoms with Crippen molar-refractivity contribution in [2.24, 2.45) is 0 Å². The molecule has 0 aliphatic carbocycles. The van der Waals surface area contributed by atoms with E-state index in [0.29, 0.717) is 25.3 Å². The number of amides is 1. The number of carbonyl (C=O) groups is 1. The van der Waals surface area contributed by atoms with Crippen molar-refractivity contribution in [3.63, 3.8) is 0 Å². The van der Waals surface area contributed by atoms with Crippen LogP contribution in [0.3, 0.4) is 0 Å². The standard InChI is InChI=1S/C19H25N3O3S2/c1-3-22(4-2)27(24,25)17-7-5-6-16(12-17)20-19(23)14-21-10-8-18-15(13-21)9-11-26-18/h5-7,9,11-12H,3-4,8,10,13-14H2,1-2H3,(H,20,23). The van der Waals surface area contributed by atoms with Gasteiger partial charge in [-0.15, -0.1) is 11.3 Å². The van der Waals surface area contributed by atoms with Crippen LogP contribution in [0.15, 0.2) is 40.6 Å². The lowest BCUT2D eigenvalue weighted by Crippen LogP contribution is -2.36. The van der Waals surface area contributed by atoms with Crippen LogP contribution in [0, 0.1) is 0 Å². The van der Waals surface area contributed by atoms with Crippen LogP contribution in [0.1, 0.15) is 24.3 Å². The smallest absolute Gasteiger partial charge is 0.243 e. The number of benzene rings is 1. The van der Waals surface area contributed by atoms with Crippen LogP contribution in [0.2, 0.25) is 0 Å². The fourth-order valence-corrected chi connectivity index (χ4v) is 5.69. The van der Waals surface area contributed by atoms with E-state index in [1.807, 2.05) is 13.8 Å². The Hall–Kier alpha value is -1.74. The second-order valence-corrected chi connectivity index (χ2v) is 9.43. The average molecular weight is 408 g/mol. The molecule has 3 rings (SSSR count). The summed E-state index contributed by atoms with van der Waals surface area (Å²) in [6, 6.07) is 8.58. The van der Waals surface area contributed by atoms with Gasteiger partial charge in [-0.1, -0.05) is 19.9 Å². The van der Waals surface area contributed by atoms with Gasteiger partial charge >= 0.3 is 0 Å². The summed E-state index contributed by atoms with van der Waals surface area (Å²) in [6.45, 7) is 6.38. The first-order chi connectivity index (χ1) is 12.9. The number of hydrogen-bond donors (Lipinski definition) is 1. The fraction of sp³-hybridized carbons (Fsp3) is 0.421. The summed E-state index contributed by atoms with van der Waals surface area (Å²) in [5.41, 5.74) is 1.80. The topological polar surface area (TPSA) is 69.7 Å². The minimum atomic E-state index is -3.54. The van der Waals surface area contributed by atoms with Crippen LogP contribution in [0.4, 0.5) is 5.69 Å². The van der Waals surface area contributed by atoms with Crippen molar-refractivity contribution in [3.8, 4) is 0 Å². The summed E-state index contributed by atoms with van der Waals surface area (Å²) in [5.74, 6) is -0.133. The van der Waals surface area contributed by atoms with Gasteiger partial charge in [0.15, 0.2) is 0 Å². The van der Waals surface area contributed by atoms with Crippen LogP contribution < -0.4 is 5.32 Å². The molecule has 0 unspecified atom stereocenters. The quantitative estimate of drug-likeness (QED) is 0.766. The molecule has 2 aromatic rings. The summed E-state index contributed by atoms with van der Waals surface area (Å²) in [7, 11) is -3.54. The van der Waals surface area contributed by atoms with Crippen LogP contribution in [-0.4, -0.2) is 49.7 Å². The van der Waals surface area contributed by atoms with Gasteiger partial charge in [-0.05, 0) is 41.6 Å². The van der Waals surface area contributed by atoms with Crippen molar-refractivity contribution in [2.75, 3.05) is 31.5 Å². The molecule has 0 spiro atoms. The van der Waals surface area contributed by atoms with Crippen LogP contribution in [-0.2, 0) is 27.8 Å². The zero-order chi connectivity index (χ0) is 19.4. The number of anilines is 1. The highest BCUT2D eigenvalue weighted by Gasteiger charge is 2.22. The van der Waals surface area contributed by atoms with E-state index in [0.717, 1.165) is 19.5 Å². The summed E-state index contributed by atoms with van der Waals surface area (Å²) in [5, 5.41) is 4.93. The molecule has 6 nitrogen and oxygen atoms in total. The van der Waals surface area contributed by atoms with Crippen molar-refractivity contribution >= 4 is 33.0 Å². The van der Waals surface area contributed by atoms with E-state index < -0.39 is 10.0 Å². The third-order valence-corrected chi connectivity index (χ3v) is 7.78. The van der Waals surface area contributed by atoms with Gasteiger partial charge < -0.3 is 5.32 Å². The summed E-state index contributed by atoms with van der Waals surface area (Å²) < 4.78 is 26.7. The monoisotopic (exact) mass is 407 g/mol. The number of thiophene rings is 1. The predicted octanol–water partition coefficient (Wildman–Crippen LogP) is 2.78. The Morgan fingerprint density at radius 3 is 2.78 bits per heavy atom. The van der Waals surface area contributed by atoms with E-state index in [-0.39, 0.29) is 10.8 Å². The Kier molecular flexibility index (Phi) is 6.31. The second-order valence-electron chi connectivity index (χ2n) is 6.50. The van der Waals surface area contributed by atoms with Crippen molar-refractivity contribution < 1.29 is 13.2 Å². The molecule has 1 amide bonds. The molecule has 1 aromatic carbocycles. The highest BCUT2D eigenvalue weighted by atomic mass is 32.2. The SMILES string of the molecule is CCN(CC)S(=O)(=O)c1cccc(NC(=O)CN2CCc3sccc3C2)c1. The van der Waals surface area contributed by atoms with Crippen molar-refractivity contribution in [3.05, 3.63) is 46.2 Å². The zero-order valence-electron chi connectivity index (χ0n) is 15.6. The summed E-state index contributed by atoms with van der Waals surface area (Å²) in [4.78, 5) is 16.1. The minimum absolute atomic E-state index is 0.133. The van der Waals surface area contributed by atoms with E-state index in [4.69, 9.17) is 0 Å². The van der Waals surface area contributed by atoms with Crippen molar-refractivity contribution in [1.29, 1.82) is 0 Å². The Balaban J connectivity index is 1.65. The lowest BCUT2D eigenvalue weighted by molar-refractivity contribution is -0.117. The largest absolute Gasteiger partial charge is 0.325 e. The first-order valence-electron chi connectivity index (χ1n) is 9.11. The van der Waals surface area contributed by atoms with Gasteiger partial charge in [0, 0.05) is 36.7 Å². The number of fused-ring (bicyclic) bond motifs is 1. The first kappa shape index (κ1) is 20.0. The minimum Gasteiger partial charge on any atom is -0.325 e. The van der Waals surface area contributed by atoms with Crippen LogP contribution in [0.5, 0.6) is 0 Å². The van der Waals surface area contributed by atoms with Gasteiger partial charge in [0.2, 0.25) is 15.9 Å². The fourth-order valence-electron chi connectivity index (χ4n) is 3.29. The molecule has 0 radical (unpaired) electrons. The highest BCUT2D eigenvalue weighted by Crippen LogP contribution is 2.24. The average Bonchev–Trinajstić information content (AvgIpc) is 3.10. The molecule has 27 heavy (non-hydrogen) atoms. The zero-order valence-corrected chi connectivity index (χ0v) is 17.3. The van der Waals surface area contributed by atoms with E-state index in [1.165, 1.54) is 20.8 Å². The van der Waals surface area contributed by atoms with Crippen LogP contribution in [0.25, 0.3) is 0 Å². The molecule has 8 heteroatoms. The molecule has 0 bridgehead atoms. The second kappa shape index (κ2) is 8.52. The molecule has 0 saturated carbocycles. The van der Waals surface area contributed by atoms with Gasteiger partial charge in [0.1, 0.15) is 0 Å². The van der Waals surface area contributed by atoms with Crippen LogP contribution >= 0.6 is 11.3 Å². The third kappa shape index (κ3) is 4.57. The van der Waals surface area contributed by atoms with E-state index in [9.17, 15) is 13.2 Å². The lowest BCUT2D eigenvalue weighted by Gasteiger charge is -2.26. The van der Waals surface area contributed by atoms with E-state index in [2.05, 4.69) is 21.7 Å². The van der Waals surface area contributed by atoms with Gasteiger partial charge in [-0.2, -0.15) is 4.31 Å². The normalized spacial score (nSPS) is 14.9. The molecular weight excluding hydrogens is 382 g/mol. The maximum atomic E-state index is 12.6. The molecule has 1 aromatic heterocycles. The Morgan fingerprint density at radius 2 is 2.04 bits per heavy atom. The van der Waals surface area contributed by atoms with Crippen molar-refractivity contribution in [1.82, 2.24) is 9.21 Å². The summed E-state index contributed by atoms with van der Waals surface area (Å²) >= 11 is 1.77. The van der Waals surface area contributed by atoms with Crippen molar-refractivity contribution in [2.45, 2.75) is 31.7 Å². The summed E-state index contributed by atoms with van der Waals surface area (Å²) in [6.07, 6.45) is 0.970. The maximum absolute atomic E-state index is 12.6. The molecular formula is C19H25N3O3S2. The third-order valence-electron chi connectivity index (χ3n) is 4.71. The van der Waals surface area contributed by atoms with Gasteiger partial charge in [0.05, 0.1) is 11.4 Å². The van der Waals surface area contributed by atoms with Gasteiger partial charge in [-0.25, -0.2) is 8.42 Å². The van der Waals surface area contributed by atoms with E-state index in [1.54, 1.807) is 29.5 Å². The molecule has 146 valence electrons. The predicted molar refractivity (Wildman–Crippen MR) is 108 cm³/mol. The number of nitrogens with zero attached hydrogens (tertiary/aromatic N) is 2. The lowest BCUT2D eigenvalue weighted by atomic mass is 10.1. The number of hydrogen-bond acceptors (Lipinski definition) is 5. The molecule has 1 N–H and O–H groups in total. The van der Waals surface area contributed by atoms with E-state index >= 15 is 0 Å². The molecule has 1 aliphatic heterocycles. The first-order valence-corrected chi connectivity index (χ1v) is 11.4. The number of sulfonamides is 1. The number of nitrogens with one attached hydrogen (secondary N) is 1. The van der Waals surface area contributed by atoms with Gasteiger partial charge in [-0.3, -0.25) is 9.69 Å². The molecule has 0 fully saturated rings. The number of rotatable bonds is 7. The molecule has 1 aliphatic rings. The Morgan fingerprint density at radius 1 is 1.26 bits per heavy atom. The maximum Gasteiger partial charge on any atom is 0.243 e. The Bertz CT molecular complexity index is 904. The number of carbonyl (C=O) groups excluding carboxylic acids is 1.